The third-order valence-electron chi connectivity index (χ3n) is 2.86. The maximum atomic E-state index is 4.59. The fourth-order valence-corrected chi connectivity index (χ4v) is 3.02. The average molecular weight is 442 g/mol. The molecule has 2 N–H and O–H groups in total. The molecule has 0 bridgehead atoms. The molecule has 7 heteroatoms. The molecule has 0 radical (unpaired) electrons. The van der Waals surface area contributed by atoms with E-state index in [9.17, 15) is 0 Å². The van der Waals surface area contributed by atoms with Crippen LogP contribution >= 0.6 is 47.1 Å². The number of unbranched alkanes of at least 4 members (excludes halogenated alkanes) is 1. The lowest BCUT2D eigenvalue weighted by molar-refractivity contribution is 0.734. The summed E-state index contributed by atoms with van der Waals surface area (Å²) in [7, 11) is 0. The van der Waals surface area contributed by atoms with Crippen molar-refractivity contribution in [1.82, 2.24) is 15.6 Å². The molecule has 1 aromatic heterocycles. The first kappa shape index (κ1) is 21.0. The summed E-state index contributed by atoms with van der Waals surface area (Å²) in [5, 5.41) is 7.74. The van der Waals surface area contributed by atoms with E-state index in [1.807, 2.05) is 18.7 Å². The summed E-state index contributed by atoms with van der Waals surface area (Å²) >= 11 is 3.63. The minimum Gasteiger partial charge on any atom is -0.357 e. The number of hydrogen-bond acceptors (Lipinski definition) is 4. The first-order chi connectivity index (χ1) is 9.67. The van der Waals surface area contributed by atoms with Crippen molar-refractivity contribution in [1.29, 1.82) is 0 Å². The van der Waals surface area contributed by atoms with E-state index in [1.165, 1.54) is 23.5 Å². The number of halogens is 1. The molecule has 0 unspecified atom stereocenters. The fourth-order valence-electron chi connectivity index (χ4n) is 1.67. The molecule has 0 amide bonds. The minimum atomic E-state index is 0. The lowest BCUT2D eigenvalue weighted by atomic mass is 10.3. The van der Waals surface area contributed by atoms with Gasteiger partial charge in [0, 0.05) is 18.0 Å². The maximum absolute atomic E-state index is 4.59. The molecule has 0 aliphatic rings. The third-order valence-corrected chi connectivity index (χ3v) is 4.61. The lowest BCUT2D eigenvalue weighted by Gasteiger charge is -2.10. The molecule has 0 saturated heterocycles. The molecule has 1 aromatic rings. The monoisotopic (exact) mass is 442 g/mol. The highest BCUT2D eigenvalue weighted by atomic mass is 127. The van der Waals surface area contributed by atoms with E-state index in [4.69, 9.17) is 0 Å². The van der Waals surface area contributed by atoms with E-state index < -0.39 is 0 Å². The highest BCUT2D eigenvalue weighted by Crippen LogP contribution is 2.16. The summed E-state index contributed by atoms with van der Waals surface area (Å²) < 4.78 is 0. The van der Waals surface area contributed by atoms with Gasteiger partial charge in [-0.05, 0) is 45.6 Å². The smallest absolute Gasteiger partial charge is 0.191 e. The van der Waals surface area contributed by atoms with Crippen LogP contribution in [0.3, 0.4) is 0 Å². The first-order valence-electron chi connectivity index (χ1n) is 7.11. The SMILES string of the molecule is CCNC(=NCc1nc(C)c(C)s1)NCCCCSC.I. The second-order valence-corrected chi connectivity index (χ2v) is 6.84. The zero-order valence-electron chi connectivity index (χ0n) is 13.4. The molecular formula is C14H27IN4S2. The van der Waals surface area contributed by atoms with Gasteiger partial charge >= 0.3 is 0 Å². The van der Waals surface area contributed by atoms with E-state index in [0.717, 1.165) is 29.8 Å². The predicted octanol–water partition coefficient (Wildman–Crippen LogP) is 3.58. The van der Waals surface area contributed by atoms with Crippen molar-refractivity contribution in [2.45, 2.75) is 40.2 Å². The van der Waals surface area contributed by atoms with Crippen molar-refractivity contribution in [2.24, 2.45) is 4.99 Å². The van der Waals surface area contributed by atoms with E-state index >= 15 is 0 Å². The number of thioether (sulfide) groups is 1. The molecule has 0 aromatic carbocycles. The highest BCUT2D eigenvalue weighted by Gasteiger charge is 2.03. The highest BCUT2D eigenvalue weighted by molar-refractivity contribution is 14.0. The fraction of sp³-hybridized carbons (Fsp3) is 0.714. The van der Waals surface area contributed by atoms with Gasteiger partial charge in [0.1, 0.15) is 5.01 Å². The zero-order chi connectivity index (χ0) is 14.8. The summed E-state index contributed by atoms with van der Waals surface area (Å²) in [6.45, 7) is 8.75. The molecule has 0 aliphatic heterocycles. The molecule has 0 fully saturated rings. The van der Waals surface area contributed by atoms with Crippen LogP contribution in [-0.2, 0) is 6.54 Å². The molecule has 1 heterocycles. The van der Waals surface area contributed by atoms with Crippen LogP contribution in [-0.4, -0.2) is 36.0 Å². The van der Waals surface area contributed by atoms with Crippen LogP contribution in [0.2, 0.25) is 0 Å². The Bertz CT molecular complexity index is 402. The van der Waals surface area contributed by atoms with Gasteiger partial charge in [0.05, 0.1) is 12.2 Å². The number of thiazole rings is 1. The number of rotatable bonds is 8. The Morgan fingerprint density at radius 3 is 2.62 bits per heavy atom. The molecule has 1 rings (SSSR count). The van der Waals surface area contributed by atoms with Crippen LogP contribution in [0.25, 0.3) is 0 Å². The van der Waals surface area contributed by atoms with Crippen molar-refractivity contribution in [2.75, 3.05) is 25.1 Å². The van der Waals surface area contributed by atoms with Crippen molar-refractivity contribution < 1.29 is 0 Å². The Morgan fingerprint density at radius 2 is 2.05 bits per heavy atom. The second kappa shape index (κ2) is 12.5. The Kier molecular flexibility index (Phi) is 12.5. The van der Waals surface area contributed by atoms with Crippen molar-refractivity contribution in [3.63, 3.8) is 0 Å². The van der Waals surface area contributed by atoms with E-state index in [0.29, 0.717) is 6.54 Å². The van der Waals surface area contributed by atoms with Crippen LogP contribution in [0.5, 0.6) is 0 Å². The largest absolute Gasteiger partial charge is 0.357 e. The molecule has 21 heavy (non-hydrogen) atoms. The number of nitrogens with one attached hydrogen (secondary N) is 2. The normalized spacial score (nSPS) is 11.1. The Hall–Kier alpha value is -0.0200. The van der Waals surface area contributed by atoms with Crippen LogP contribution in [0.4, 0.5) is 0 Å². The Balaban J connectivity index is 0.00000400. The molecule has 0 aliphatic carbocycles. The molecule has 4 nitrogen and oxygen atoms in total. The quantitative estimate of drug-likeness (QED) is 0.280. The summed E-state index contributed by atoms with van der Waals surface area (Å²) in [5.74, 6) is 2.12. The summed E-state index contributed by atoms with van der Waals surface area (Å²) in [5.41, 5.74) is 1.12. The number of nitrogens with zero attached hydrogens (tertiary/aromatic N) is 2. The van der Waals surface area contributed by atoms with Gasteiger partial charge in [-0.3, -0.25) is 0 Å². The van der Waals surface area contributed by atoms with Crippen LogP contribution in [0.15, 0.2) is 4.99 Å². The number of aryl methyl sites for hydroxylation is 2. The van der Waals surface area contributed by atoms with Gasteiger partial charge < -0.3 is 10.6 Å². The van der Waals surface area contributed by atoms with Crippen molar-refractivity contribution in [3.8, 4) is 0 Å². The molecule has 0 spiro atoms. The summed E-state index contributed by atoms with van der Waals surface area (Å²) in [6, 6.07) is 0. The van der Waals surface area contributed by atoms with Gasteiger partial charge in [-0.1, -0.05) is 0 Å². The molecule has 0 saturated carbocycles. The predicted molar refractivity (Wildman–Crippen MR) is 107 cm³/mol. The van der Waals surface area contributed by atoms with E-state index in [2.05, 4.69) is 40.7 Å². The Labute approximate surface area is 154 Å². The van der Waals surface area contributed by atoms with Crippen LogP contribution in [0.1, 0.15) is 35.3 Å². The average Bonchev–Trinajstić information content (AvgIpc) is 2.75. The number of aromatic nitrogens is 1. The van der Waals surface area contributed by atoms with Gasteiger partial charge in [0.2, 0.25) is 0 Å². The van der Waals surface area contributed by atoms with Crippen molar-refractivity contribution >= 4 is 53.0 Å². The van der Waals surface area contributed by atoms with Gasteiger partial charge in [0.15, 0.2) is 5.96 Å². The zero-order valence-corrected chi connectivity index (χ0v) is 17.3. The summed E-state index contributed by atoms with van der Waals surface area (Å²) in [6.07, 6.45) is 4.58. The Morgan fingerprint density at radius 1 is 1.29 bits per heavy atom. The number of aliphatic imine (C=N–C) groups is 1. The second-order valence-electron chi connectivity index (χ2n) is 4.57. The van der Waals surface area contributed by atoms with Crippen molar-refractivity contribution in [3.05, 3.63) is 15.6 Å². The summed E-state index contributed by atoms with van der Waals surface area (Å²) in [4.78, 5) is 10.4. The molecule has 0 atom stereocenters. The van der Waals surface area contributed by atoms with Gasteiger partial charge in [-0.15, -0.1) is 35.3 Å². The van der Waals surface area contributed by atoms with Gasteiger partial charge in [-0.2, -0.15) is 11.8 Å². The molecule has 122 valence electrons. The number of hydrogen-bond donors (Lipinski definition) is 2. The topological polar surface area (TPSA) is 49.3 Å². The van der Waals surface area contributed by atoms with Crippen LogP contribution < -0.4 is 10.6 Å². The maximum Gasteiger partial charge on any atom is 0.191 e. The molecular weight excluding hydrogens is 415 g/mol. The van der Waals surface area contributed by atoms with Crippen LogP contribution in [0, 0.1) is 13.8 Å². The van der Waals surface area contributed by atoms with E-state index in [-0.39, 0.29) is 24.0 Å². The van der Waals surface area contributed by atoms with Gasteiger partial charge in [0.25, 0.3) is 0 Å². The van der Waals surface area contributed by atoms with E-state index in [1.54, 1.807) is 11.3 Å². The first-order valence-corrected chi connectivity index (χ1v) is 9.32. The lowest BCUT2D eigenvalue weighted by Crippen LogP contribution is -2.37. The minimum absolute atomic E-state index is 0. The third kappa shape index (κ3) is 8.87. The van der Waals surface area contributed by atoms with Gasteiger partial charge in [-0.25, -0.2) is 9.98 Å². The number of guanidine groups is 1. The standard InChI is InChI=1S/C14H26N4S2.HI/c1-5-15-14(16-8-6-7-9-19-4)17-10-13-18-11(2)12(3)20-13;/h5-10H2,1-4H3,(H2,15,16,17);1H.